The van der Waals surface area contributed by atoms with Crippen LogP contribution in [0, 0.1) is 0 Å². The maximum Gasteiger partial charge on any atom is 1.00 e. The molecule has 0 aliphatic rings. The third-order valence-electron chi connectivity index (χ3n) is 0.213. The van der Waals surface area contributed by atoms with Crippen molar-refractivity contribution in [2.75, 3.05) is 0 Å². The smallest absolute Gasteiger partial charge is 1.00 e. The Balaban J connectivity index is -0.0000000883. The molecule has 0 saturated heterocycles. The summed E-state index contributed by atoms with van der Waals surface area (Å²) < 4.78 is 22.2. The summed E-state index contributed by atoms with van der Waals surface area (Å²) in [6, 6.07) is 0. The molecule has 0 atom stereocenters. The standard InChI is InChI=1S/CH2O3.Na.H4O7P2.H/c2-1(3)4;;1-8(2,3)7-9(4,5)6;/h(H2,2,3,4);;(H2,1,2,3)(H2,4,5,6);/q;+1;;-1. The van der Waals surface area contributed by atoms with Gasteiger partial charge in [0.15, 0.2) is 0 Å². The average molecular weight is 264 g/mol. The minimum absolute atomic E-state index is 0. The minimum Gasteiger partial charge on any atom is -1.00 e. The summed E-state index contributed by atoms with van der Waals surface area (Å²) in [5.74, 6) is 0. The predicted molar refractivity (Wildman–Crippen MR) is 36.9 cm³/mol. The molecular weight excluding hydrogens is 257 g/mol. The molecular formula is CH7NaO10P2. The summed E-state index contributed by atoms with van der Waals surface area (Å²) in [4.78, 5) is 39.6. The largest absolute Gasteiger partial charge is 1.00 e. The number of carboxylic acid groups (broad SMARTS) is 2. The van der Waals surface area contributed by atoms with Crippen LogP contribution < -0.4 is 29.6 Å². The van der Waals surface area contributed by atoms with Gasteiger partial charge in [-0.1, -0.05) is 0 Å². The molecule has 13 heteroatoms. The van der Waals surface area contributed by atoms with E-state index in [-0.39, 0.29) is 31.0 Å². The second-order valence-corrected chi connectivity index (χ2v) is 3.96. The fourth-order valence-corrected chi connectivity index (χ4v) is 1.25. The Kier molecular flexibility index (Phi) is 11.1. The van der Waals surface area contributed by atoms with E-state index in [9.17, 15) is 9.13 Å². The first-order valence-corrected chi connectivity index (χ1v) is 5.24. The molecule has 6 N–H and O–H groups in total. The van der Waals surface area contributed by atoms with Gasteiger partial charge in [-0.3, -0.25) is 0 Å². The summed E-state index contributed by atoms with van der Waals surface area (Å²) in [6.45, 7) is 0. The van der Waals surface area contributed by atoms with Crippen LogP contribution in [0.1, 0.15) is 1.43 Å². The van der Waals surface area contributed by atoms with Crippen molar-refractivity contribution in [3.8, 4) is 0 Å². The van der Waals surface area contributed by atoms with Crippen molar-refractivity contribution in [3.63, 3.8) is 0 Å². The third kappa shape index (κ3) is 39.1. The van der Waals surface area contributed by atoms with Gasteiger partial charge < -0.3 is 31.2 Å². The van der Waals surface area contributed by atoms with Gasteiger partial charge in [-0.05, 0) is 0 Å². The number of rotatable bonds is 2. The van der Waals surface area contributed by atoms with Crippen molar-refractivity contribution in [1.29, 1.82) is 0 Å². The Bertz CT molecular complexity index is 228. The second kappa shape index (κ2) is 7.77. The SMILES string of the molecule is O=C(O)O.O=P(O)(O)OP(=O)(O)O.[H-].[Na+]. The topological polar surface area (TPSA) is 182 Å². The van der Waals surface area contributed by atoms with E-state index in [1.54, 1.807) is 0 Å². The van der Waals surface area contributed by atoms with Gasteiger partial charge in [0.05, 0.1) is 0 Å². The summed E-state index contributed by atoms with van der Waals surface area (Å²) in [5, 5.41) is 13.9. The van der Waals surface area contributed by atoms with Crippen LogP contribution in [0.25, 0.3) is 0 Å². The van der Waals surface area contributed by atoms with Crippen molar-refractivity contribution in [1.82, 2.24) is 0 Å². The van der Waals surface area contributed by atoms with Crippen LogP contribution in [0.15, 0.2) is 0 Å². The molecule has 0 heterocycles. The van der Waals surface area contributed by atoms with Gasteiger partial charge in [-0.25, -0.2) is 13.9 Å². The first-order chi connectivity index (χ1) is 5.44. The van der Waals surface area contributed by atoms with Gasteiger partial charge in [0.2, 0.25) is 0 Å². The molecule has 14 heavy (non-hydrogen) atoms. The zero-order valence-corrected chi connectivity index (χ0v) is 10.5. The van der Waals surface area contributed by atoms with Crippen LogP contribution in [0.4, 0.5) is 4.79 Å². The molecule has 0 rings (SSSR count). The molecule has 82 valence electrons. The van der Waals surface area contributed by atoms with Gasteiger partial charge in [-0.2, -0.15) is 4.31 Å². The van der Waals surface area contributed by atoms with E-state index in [0.29, 0.717) is 0 Å². The summed E-state index contributed by atoms with van der Waals surface area (Å²) in [7, 11) is -10.1. The minimum atomic E-state index is -5.05. The summed E-state index contributed by atoms with van der Waals surface area (Å²) in [6.07, 6.45) is -1.83. The van der Waals surface area contributed by atoms with Crippen molar-refractivity contribution < 1.29 is 79.0 Å². The molecule has 0 aromatic carbocycles. The van der Waals surface area contributed by atoms with Gasteiger partial charge in [-0.15, -0.1) is 0 Å². The van der Waals surface area contributed by atoms with Crippen LogP contribution in [0.2, 0.25) is 0 Å². The third-order valence-corrected chi connectivity index (χ3v) is 1.91. The molecule has 0 radical (unpaired) electrons. The number of hydrogen-bond donors (Lipinski definition) is 6. The molecule has 0 amide bonds. The van der Waals surface area contributed by atoms with E-state index >= 15 is 0 Å². The van der Waals surface area contributed by atoms with E-state index in [1.807, 2.05) is 0 Å². The van der Waals surface area contributed by atoms with Crippen LogP contribution in [-0.4, -0.2) is 35.9 Å². The first-order valence-electron chi connectivity index (χ1n) is 2.18. The Labute approximate surface area is 101 Å². The van der Waals surface area contributed by atoms with E-state index in [0.717, 1.165) is 0 Å². The van der Waals surface area contributed by atoms with Crippen LogP contribution in [0.3, 0.4) is 0 Å². The molecule has 0 aliphatic carbocycles. The van der Waals surface area contributed by atoms with Crippen LogP contribution in [0.5, 0.6) is 0 Å². The fourth-order valence-electron chi connectivity index (χ4n) is 0.139. The van der Waals surface area contributed by atoms with Gasteiger partial charge in [0.1, 0.15) is 0 Å². The van der Waals surface area contributed by atoms with Crippen LogP contribution >= 0.6 is 15.6 Å². The molecule has 0 aliphatic heterocycles. The Morgan fingerprint density at radius 2 is 1.14 bits per heavy atom. The van der Waals surface area contributed by atoms with Gasteiger partial charge >= 0.3 is 51.4 Å². The Morgan fingerprint density at radius 1 is 1.00 bits per heavy atom. The monoisotopic (exact) mass is 264 g/mol. The average Bonchev–Trinajstić information content (AvgIpc) is 1.47. The number of hydrogen-bond acceptors (Lipinski definition) is 4. The Hall–Kier alpha value is 0.530. The van der Waals surface area contributed by atoms with E-state index in [2.05, 4.69) is 4.31 Å². The van der Waals surface area contributed by atoms with Crippen molar-refractivity contribution in [3.05, 3.63) is 0 Å². The molecule has 0 aromatic heterocycles. The first kappa shape index (κ1) is 20.0. The molecule has 0 saturated carbocycles. The zero-order valence-electron chi connectivity index (χ0n) is 7.71. The number of carbonyl (C=O) groups is 1. The molecule has 0 unspecified atom stereocenters. The van der Waals surface area contributed by atoms with Gasteiger partial charge in [0.25, 0.3) is 0 Å². The van der Waals surface area contributed by atoms with E-state index in [1.165, 1.54) is 0 Å². The maximum atomic E-state index is 9.63. The molecule has 0 bridgehead atoms. The summed E-state index contributed by atoms with van der Waals surface area (Å²) in [5.41, 5.74) is 0. The van der Waals surface area contributed by atoms with Crippen molar-refractivity contribution in [2.45, 2.75) is 0 Å². The predicted octanol–water partition coefficient (Wildman–Crippen LogP) is -3.47. The van der Waals surface area contributed by atoms with Crippen molar-refractivity contribution >= 4 is 21.8 Å². The maximum absolute atomic E-state index is 9.63. The number of phosphoric acid groups is 2. The van der Waals surface area contributed by atoms with Crippen molar-refractivity contribution in [2.24, 2.45) is 0 Å². The van der Waals surface area contributed by atoms with Gasteiger partial charge in [0, 0.05) is 0 Å². The molecule has 0 aromatic rings. The van der Waals surface area contributed by atoms with E-state index in [4.69, 9.17) is 34.6 Å². The second-order valence-electron chi connectivity index (χ2n) is 1.35. The molecule has 10 nitrogen and oxygen atoms in total. The molecule has 0 fully saturated rings. The van der Waals surface area contributed by atoms with Crippen LogP contribution in [-0.2, 0) is 13.4 Å². The van der Waals surface area contributed by atoms with E-state index < -0.39 is 21.8 Å². The quantitative estimate of drug-likeness (QED) is 0.216. The fraction of sp³-hybridized carbons (Fsp3) is 0. The zero-order chi connectivity index (χ0) is 11.3. The summed E-state index contributed by atoms with van der Waals surface area (Å²) >= 11 is 0. The molecule has 0 spiro atoms. The Morgan fingerprint density at radius 3 is 1.14 bits per heavy atom. The normalized spacial score (nSPS) is 10.6.